The molecule has 1 heteroatoms. The third-order valence-electron chi connectivity index (χ3n) is 12.9. The fraction of sp³-hybridized carbons (Fsp3) is 0.931. The van der Waals surface area contributed by atoms with Gasteiger partial charge in [0.15, 0.2) is 0 Å². The molecule has 0 saturated heterocycles. The Morgan fingerprint density at radius 3 is 2.17 bits per heavy atom. The molecule has 0 radical (unpaired) electrons. The summed E-state index contributed by atoms with van der Waals surface area (Å²) in [5.41, 5.74) is 2.90. The lowest BCUT2D eigenvalue weighted by atomic mass is 9.33. The first kappa shape index (κ1) is 21.5. The SMILES string of the molecule is C=C(C)[C@@H]1CC[C@H]2CC[C@]3(C)[C@H](CC[C@@H]4[C@@]5(C)CC[C@H](O)C(C)(C)[C@@H]5CC[C@]43C)[C@@H]21. The first-order chi connectivity index (χ1) is 14.0. The van der Waals surface area contributed by atoms with Crippen molar-refractivity contribution in [1.29, 1.82) is 0 Å². The molecule has 0 bridgehead atoms. The normalized spacial score (nSPS) is 57.0. The van der Waals surface area contributed by atoms with E-state index in [1.54, 1.807) is 0 Å². The Morgan fingerprint density at radius 2 is 1.47 bits per heavy atom. The molecule has 0 amide bonds. The predicted octanol–water partition coefficient (Wildman–Crippen LogP) is 7.63. The molecule has 1 N–H and O–H groups in total. The third-order valence-corrected chi connectivity index (χ3v) is 12.9. The molecule has 170 valence electrons. The summed E-state index contributed by atoms with van der Waals surface area (Å²) in [5, 5.41) is 10.9. The summed E-state index contributed by atoms with van der Waals surface area (Å²) in [6.07, 6.45) is 13.5. The maximum absolute atomic E-state index is 10.9. The fourth-order valence-electron chi connectivity index (χ4n) is 11.2. The highest BCUT2D eigenvalue weighted by molar-refractivity contribution is 5.19. The maximum Gasteiger partial charge on any atom is 0.0594 e. The van der Waals surface area contributed by atoms with Crippen LogP contribution in [0.3, 0.4) is 0 Å². The van der Waals surface area contributed by atoms with E-state index in [0.717, 1.165) is 36.0 Å². The smallest absolute Gasteiger partial charge is 0.0594 e. The zero-order valence-corrected chi connectivity index (χ0v) is 20.8. The summed E-state index contributed by atoms with van der Waals surface area (Å²) in [6, 6.07) is 0. The van der Waals surface area contributed by atoms with Crippen molar-refractivity contribution in [3.05, 3.63) is 12.2 Å². The molecule has 10 atom stereocenters. The van der Waals surface area contributed by atoms with Crippen LogP contribution in [0.25, 0.3) is 0 Å². The fourth-order valence-corrected chi connectivity index (χ4v) is 11.2. The number of hydrogen-bond acceptors (Lipinski definition) is 1. The van der Waals surface area contributed by atoms with Gasteiger partial charge in [-0.2, -0.15) is 0 Å². The van der Waals surface area contributed by atoms with Gasteiger partial charge >= 0.3 is 0 Å². The summed E-state index contributed by atoms with van der Waals surface area (Å²) in [5.74, 6) is 5.09. The second-order valence-electron chi connectivity index (χ2n) is 14.0. The van der Waals surface area contributed by atoms with Gasteiger partial charge in [-0.3, -0.25) is 0 Å². The van der Waals surface area contributed by atoms with E-state index in [9.17, 15) is 5.11 Å². The topological polar surface area (TPSA) is 20.2 Å². The molecule has 30 heavy (non-hydrogen) atoms. The molecule has 0 aromatic heterocycles. The van der Waals surface area contributed by atoms with Crippen LogP contribution >= 0.6 is 0 Å². The highest BCUT2D eigenvalue weighted by Crippen LogP contribution is 2.76. The number of rotatable bonds is 1. The largest absolute Gasteiger partial charge is 0.393 e. The lowest BCUT2D eigenvalue weighted by Gasteiger charge is -2.72. The summed E-state index contributed by atoms with van der Waals surface area (Å²) in [6.45, 7) is 19.6. The van der Waals surface area contributed by atoms with Crippen molar-refractivity contribution in [2.75, 3.05) is 0 Å². The second kappa shape index (κ2) is 6.61. The van der Waals surface area contributed by atoms with Crippen LogP contribution in [-0.4, -0.2) is 11.2 Å². The van der Waals surface area contributed by atoms with Crippen LogP contribution in [-0.2, 0) is 0 Å². The average molecular weight is 413 g/mol. The summed E-state index contributed by atoms with van der Waals surface area (Å²) in [7, 11) is 0. The van der Waals surface area contributed by atoms with Gasteiger partial charge in [-0.15, -0.1) is 0 Å². The van der Waals surface area contributed by atoms with Crippen LogP contribution in [0.2, 0.25) is 0 Å². The molecular weight excluding hydrogens is 364 g/mol. The van der Waals surface area contributed by atoms with Crippen LogP contribution in [0.15, 0.2) is 12.2 Å². The zero-order chi connectivity index (χ0) is 21.7. The first-order valence-electron chi connectivity index (χ1n) is 13.3. The van der Waals surface area contributed by atoms with Crippen molar-refractivity contribution in [3.63, 3.8) is 0 Å². The lowest BCUT2D eigenvalue weighted by molar-refractivity contribution is -0.240. The van der Waals surface area contributed by atoms with Crippen LogP contribution in [0.5, 0.6) is 0 Å². The molecule has 5 aliphatic rings. The standard InChI is InChI=1S/C29H48O/c1-18(2)20-9-8-19-12-16-28(6)21(25(19)20)10-11-23-27(5)15-14-24(30)26(3,4)22(27)13-17-29(23,28)7/h19-25,30H,1,8-17H2,2-7H3/t19-,20-,21+,22-,23+,24-,25-,27-,28+,29+/m0/s1. The molecule has 0 unspecified atom stereocenters. The molecule has 5 rings (SSSR count). The van der Waals surface area contributed by atoms with Gasteiger partial charge < -0.3 is 5.11 Å². The van der Waals surface area contributed by atoms with Gasteiger partial charge in [0.25, 0.3) is 0 Å². The van der Waals surface area contributed by atoms with Crippen molar-refractivity contribution >= 4 is 0 Å². The molecule has 0 aliphatic heterocycles. The number of aliphatic hydroxyl groups is 1. The van der Waals surface area contributed by atoms with Crippen molar-refractivity contribution in [2.45, 2.75) is 112 Å². The Balaban J connectivity index is 1.53. The quantitative estimate of drug-likeness (QED) is 0.439. The highest BCUT2D eigenvalue weighted by atomic mass is 16.3. The molecule has 5 aliphatic carbocycles. The molecule has 0 spiro atoms. The molecule has 0 aromatic carbocycles. The number of fused-ring (bicyclic) bond motifs is 7. The van der Waals surface area contributed by atoms with Gasteiger partial charge in [0.2, 0.25) is 0 Å². The van der Waals surface area contributed by atoms with Gasteiger partial charge in [0, 0.05) is 0 Å². The van der Waals surface area contributed by atoms with Gasteiger partial charge in [-0.25, -0.2) is 0 Å². The van der Waals surface area contributed by atoms with Crippen LogP contribution in [0, 0.1) is 57.2 Å². The summed E-state index contributed by atoms with van der Waals surface area (Å²) < 4.78 is 0. The Labute approximate surface area is 186 Å². The molecule has 5 fully saturated rings. The minimum atomic E-state index is -0.114. The molecule has 0 heterocycles. The molecule has 1 nitrogen and oxygen atoms in total. The summed E-state index contributed by atoms with van der Waals surface area (Å²) >= 11 is 0. The number of allylic oxidation sites excluding steroid dienone is 1. The lowest BCUT2D eigenvalue weighted by Crippen LogP contribution is -2.65. The van der Waals surface area contributed by atoms with Gasteiger partial charge in [0.1, 0.15) is 0 Å². The Bertz CT molecular complexity index is 722. The van der Waals surface area contributed by atoms with Crippen LogP contribution < -0.4 is 0 Å². The average Bonchev–Trinajstić information content (AvgIpc) is 3.10. The highest BCUT2D eigenvalue weighted by Gasteiger charge is 2.68. The van der Waals surface area contributed by atoms with Gasteiger partial charge in [-0.1, -0.05) is 46.8 Å². The minimum absolute atomic E-state index is 0.0697. The van der Waals surface area contributed by atoms with Crippen molar-refractivity contribution < 1.29 is 5.11 Å². The van der Waals surface area contributed by atoms with E-state index in [-0.39, 0.29) is 11.5 Å². The molecular formula is C29H48O. The van der Waals surface area contributed by atoms with E-state index >= 15 is 0 Å². The Kier molecular flexibility index (Phi) is 4.75. The summed E-state index contributed by atoms with van der Waals surface area (Å²) in [4.78, 5) is 0. The van der Waals surface area contributed by atoms with Crippen LogP contribution in [0.4, 0.5) is 0 Å². The van der Waals surface area contributed by atoms with E-state index < -0.39 is 0 Å². The van der Waals surface area contributed by atoms with E-state index in [2.05, 4.69) is 48.1 Å². The van der Waals surface area contributed by atoms with Crippen LogP contribution in [0.1, 0.15) is 106 Å². The van der Waals surface area contributed by atoms with E-state index in [1.807, 2.05) is 0 Å². The predicted molar refractivity (Wildman–Crippen MR) is 126 cm³/mol. The maximum atomic E-state index is 10.9. The van der Waals surface area contributed by atoms with E-state index in [1.165, 1.54) is 63.4 Å². The second-order valence-corrected chi connectivity index (χ2v) is 14.0. The molecule has 0 aromatic rings. The van der Waals surface area contributed by atoms with Crippen molar-refractivity contribution in [1.82, 2.24) is 0 Å². The number of hydrogen-bond donors (Lipinski definition) is 1. The Morgan fingerprint density at radius 1 is 0.767 bits per heavy atom. The Hall–Kier alpha value is -0.300. The molecule has 5 saturated carbocycles. The minimum Gasteiger partial charge on any atom is -0.393 e. The van der Waals surface area contributed by atoms with Gasteiger partial charge in [-0.05, 0) is 128 Å². The first-order valence-corrected chi connectivity index (χ1v) is 13.3. The monoisotopic (exact) mass is 412 g/mol. The van der Waals surface area contributed by atoms with Gasteiger partial charge in [0.05, 0.1) is 6.10 Å². The van der Waals surface area contributed by atoms with Crippen molar-refractivity contribution in [2.24, 2.45) is 57.2 Å². The number of aliphatic hydroxyl groups excluding tert-OH is 1. The third kappa shape index (κ3) is 2.51. The zero-order valence-electron chi connectivity index (χ0n) is 20.8. The van der Waals surface area contributed by atoms with E-state index in [0.29, 0.717) is 22.2 Å². The van der Waals surface area contributed by atoms with E-state index in [4.69, 9.17) is 0 Å². The van der Waals surface area contributed by atoms with Crippen molar-refractivity contribution in [3.8, 4) is 0 Å².